The summed E-state index contributed by atoms with van der Waals surface area (Å²) in [6.07, 6.45) is 7.34. The molecule has 0 bridgehead atoms. The number of nitrogens with zero attached hydrogens (tertiary/aromatic N) is 1. The summed E-state index contributed by atoms with van der Waals surface area (Å²) in [4.78, 5) is 0. The van der Waals surface area contributed by atoms with E-state index in [2.05, 4.69) is 25.2 Å². The second-order valence-electron chi connectivity index (χ2n) is 5.19. The van der Waals surface area contributed by atoms with Gasteiger partial charge in [-0.15, -0.1) is 0 Å². The van der Waals surface area contributed by atoms with Gasteiger partial charge in [0, 0.05) is 6.61 Å². The normalized spacial score (nSPS) is 26.4. The zero-order valence-corrected chi connectivity index (χ0v) is 11.2. The molecule has 3 atom stereocenters. The maximum absolute atomic E-state index is 8.96. The fourth-order valence-electron chi connectivity index (χ4n) is 2.41. The van der Waals surface area contributed by atoms with Gasteiger partial charge in [0.25, 0.3) is 0 Å². The number of rotatable bonds is 7. The molecule has 0 aliphatic heterocycles. The topological polar surface area (TPSA) is 45.0 Å². The molecule has 3 unspecified atom stereocenters. The highest BCUT2D eigenvalue weighted by Crippen LogP contribution is 2.25. The Morgan fingerprint density at radius 3 is 2.94 bits per heavy atom. The minimum absolute atomic E-state index is 0.0454. The maximum Gasteiger partial charge on any atom is 0.0975 e. The monoisotopic (exact) mass is 238 g/mol. The Morgan fingerprint density at radius 2 is 2.29 bits per heavy atom. The summed E-state index contributed by atoms with van der Waals surface area (Å²) in [6.45, 7) is 6.04. The molecule has 0 heterocycles. The first-order valence-corrected chi connectivity index (χ1v) is 7.00. The summed E-state index contributed by atoms with van der Waals surface area (Å²) in [7, 11) is 0. The first-order valence-electron chi connectivity index (χ1n) is 7.00. The van der Waals surface area contributed by atoms with Gasteiger partial charge in [-0.2, -0.15) is 5.26 Å². The molecule has 1 rings (SSSR count). The quantitative estimate of drug-likeness (QED) is 0.741. The van der Waals surface area contributed by atoms with Crippen LogP contribution >= 0.6 is 0 Å². The Balaban J connectivity index is 2.11. The second kappa shape index (κ2) is 8.49. The average molecular weight is 238 g/mol. The van der Waals surface area contributed by atoms with Crippen LogP contribution in [0.25, 0.3) is 0 Å². The lowest BCUT2D eigenvalue weighted by molar-refractivity contribution is 0.0129. The van der Waals surface area contributed by atoms with Gasteiger partial charge in [0.2, 0.25) is 0 Å². The predicted molar refractivity (Wildman–Crippen MR) is 69.7 cm³/mol. The number of nitriles is 1. The molecule has 0 aromatic heterocycles. The second-order valence-corrected chi connectivity index (χ2v) is 5.19. The lowest BCUT2D eigenvalue weighted by atomic mass is 9.89. The minimum atomic E-state index is -0.0454. The van der Waals surface area contributed by atoms with Crippen LogP contribution < -0.4 is 5.32 Å². The van der Waals surface area contributed by atoms with Gasteiger partial charge in [-0.1, -0.05) is 26.7 Å². The van der Waals surface area contributed by atoms with Crippen molar-refractivity contribution in [3.63, 3.8) is 0 Å². The highest BCUT2D eigenvalue weighted by atomic mass is 16.5. The third-order valence-electron chi connectivity index (χ3n) is 3.44. The van der Waals surface area contributed by atoms with Gasteiger partial charge < -0.3 is 10.1 Å². The van der Waals surface area contributed by atoms with Gasteiger partial charge in [-0.25, -0.2) is 0 Å². The molecule has 0 saturated heterocycles. The predicted octanol–water partition coefficient (Wildman–Crippen LogP) is 2.86. The maximum atomic E-state index is 8.96. The average Bonchev–Trinajstić information content (AvgIpc) is 2.33. The molecule has 0 aromatic rings. The van der Waals surface area contributed by atoms with Crippen molar-refractivity contribution in [2.45, 2.75) is 64.5 Å². The molecular weight excluding hydrogens is 212 g/mol. The fraction of sp³-hybridized carbons (Fsp3) is 0.929. The van der Waals surface area contributed by atoms with Crippen molar-refractivity contribution in [1.29, 1.82) is 5.26 Å². The Labute approximate surface area is 106 Å². The van der Waals surface area contributed by atoms with E-state index in [1.807, 2.05) is 0 Å². The van der Waals surface area contributed by atoms with E-state index in [9.17, 15) is 0 Å². The molecular formula is C14H26N2O. The van der Waals surface area contributed by atoms with Crippen LogP contribution in [0.1, 0.15) is 52.4 Å². The number of hydrogen-bond acceptors (Lipinski definition) is 3. The van der Waals surface area contributed by atoms with E-state index in [-0.39, 0.29) is 6.04 Å². The summed E-state index contributed by atoms with van der Waals surface area (Å²) in [6, 6.07) is 2.25. The molecule has 17 heavy (non-hydrogen) atoms. The summed E-state index contributed by atoms with van der Waals surface area (Å²) < 4.78 is 5.87. The first-order chi connectivity index (χ1) is 8.26. The van der Waals surface area contributed by atoms with Crippen LogP contribution in [0.15, 0.2) is 0 Å². The zero-order valence-electron chi connectivity index (χ0n) is 11.2. The summed E-state index contributed by atoms with van der Waals surface area (Å²) >= 11 is 0. The molecule has 1 saturated carbocycles. The molecule has 0 spiro atoms. The van der Waals surface area contributed by atoms with Crippen LogP contribution in [0, 0.1) is 17.2 Å². The number of ether oxygens (including phenoxy) is 1. The van der Waals surface area contributed by atoms with Crippen molar-refractivity contribution in [2.24, 2.45) is 5.92 Å². The van der Waals surface area contributed by atoms with Gasteiger partial charge in [0.15, 0.2) is 0 Å². The third-order valence-corrected chi connectivity index (χ3v) is 3.44. The molecule has 98 valence electrons. The smallest absolute Gasteiger partial charge is 0.0975 e. The van der Waals surface area contributed by atoms with Crippen LogP contribution in [-0.4, -0.2) is 25.3 Å². The zero-order chi connectivity index (χ0) is 12.5. The third kappa shape index (κ3) is 6.05. The van der Waals surface area contributed by atoms with E-state index in [0.717, 1.165) is 25.3 Å². The highest BCUT2D eigenvalue weighted by molar-refractivity contribution is 4.89. The van der Waals surface area contributed by atoms with Crippen LogP contribution in [0.2, 0.25) is 0 Å². The molecule has 1 aliphatic rings. The van der Waals surface area contributed by atoms with Gasteiger partial charge in [0.1, 0.15) is 0 Å². The first kappa shape index (κ1) is 14.5. The molecule has 3 nitrogen and oxygen atoms in total. The summed E-state index contributed by atoms with van der Waals surface area (Å²) in [5.41, 5.74) is 0. The SMILES string of the molecule is CCCNC(C#N)CCOC1CCCC(C)C1. The van der Waals surface area contributed by atoms with Crippen molar-refractivity contribution in [3.8, 4) is 6.07 Å². The van der Waals surface area contributed by atoms with Crippen molar-refractivity contribution in [3.05, 3.63) is 0 Å². The Hall–Kier alpha value is -0.590. The largest absolute Gasteiger partial charge is 0.378 e. The van der Waals surface area contributed by atoms with Gasteiger partial charge in [-0.05, 0) is 38.1 Å². The van der Waals surface area contributed by atoms with Gasteiger partial charge >= 0.3 is 0 Å². The lowest BCUT2D eigenvalue weighted by Crippen LogP contribution is -2.30. The summed E-state index contributed by atoms with van der Waals surface area (Å²) in [5, 5.41) is 12.2. The molecule has 1 aliphatic carbocycles. The van der Waals surface area contributed by atoms with Crippen LogP contribution in [-0.2, 0) is 4.74 Å². The van der Waals surface area contributed by atoms with Gasteiger partial charge in [0.05, 0.1) is 18.2 Å². The molecule has 0 amide bonds. The van der Waals surface area contributed by atoms with Crippen LogP contribution in [0.4, 0.5) is 0 Å². The Bertz CT molecular complexity index is 237. The molecule has 1 N–H and O–H groups in total. The van der Waals surface area contributed by atoms with Crippen LogP contribution in [0.3, 0.4) is 0 Å². The molecule has 0 radical (unpaired) electrons. The van der Waals surface area contributed by atoms with Crippen LogP contribution in [0.5, 0.6) is 0 Å². The van der Waals surface area contributed by atoms with E-state index < -0.39 is 0 Å². The molecule has 1 fully saturated rings. The molecule has 0 aromatic carbocycles. The fourth-order valence-corrected chi connectivity index (χ4v) is 2.41. The van der Waals surface area contributed by atoms with E-state index in [0.29, 0.717) is 12.7 Å². The van der Waals surface area contributed by atoms with E-state index in [1.54, 1.807) is 0 Å². The summed E-state index contributed by atoms with van der Waals surface area (Å²) in [5.74, 6) is 0.804. The standard InChI is InChI=1S/C14H26N2O/c1-3-8-16-13(11-15)7-9-17-14-6-4-5-12(2)10-14/h12-14,16H,3-10H2,1-2H3. The Kier molecular flexibility index (Phi) is 7.23. The lowest BCUT2D eigenvalue weighted by Gasteiger charge is -2.27. The molecule has 3 heteroatoms. The van der Waals surface area contributed by atoms with E-state index in [4.69, 9.17) is 10.00 Å². The van der Waals surface area contributed by atoms with Gasteiger partial charge in [-0.3, -0.25) is 0 Å². The van der Waals surface area contributed by atoms with Crippen molar-refractivity contribution >= 4 is 0 Å². The number of hydrogen-bond donors (Lipinski definition) is 1. The Morgan fingerprint density at radius 1 is 1.47 bits per heavy atom. The highest BCUT2D eigenvalue weighted by Gasteiger charge is 2.19. The van der Waals surface area contributed by atoms with Crippen molar-refractivity contribution in [2.75, 3.05) is 13.2 Å². The van der Waals surface area contributed by atoms with E-state index >= 15 is 0 Å². The minimum Gasteiger partial charge on any atom is -0.378 e. The number of nitrogens with one attached hydrogen (secondary N) is 1. The van der Waals surface area contributed by atoms with Crippen molar-refractivity contribution < 1.29 is 4.74 Å². The van der Waals surface area contributed by atoms with Crippen molar-refractivity contribution in [1.82, 2.24) is 5.32 Å². The van der Waals surface area contributed by atoms with E-state index in [1.165, 1.54) is 25.7 Å².